The van der Waals surface area contributed by atoms with Crippen LogP contribution in [0.5, 0.6) is 0 Å². The molecule has 1 saturated heterocycles. The molecule has 2 rings (SSSR count). The van der Waals surface area contributed by atoms with Crippen molar-refractivity contribution in [3.63, 3.8) is 0 Å². The molecule has 1 aromatic carbocycles. The largest absolute Gasteiger partial charge is 0.314 e. The molecule has 1 aliphatic heterocycles. The Hall–Kier alpha value is -0.350. The molecule has 1 aliphatic rings. The molecule has 1 aromatic rings. The number of piperazine rings is 1. The van der Waals surface area contributed by atoms with Crippen LogP contribution in [-0.2, 0) is 0 Å². The summed E-state index contributed by atoms with van der Waals surface area (Å²) >= 11 is 12.2. The number of benzene rings is 1. The summed E-state index contributed by atoms with van der Waals surface area (Å²) in [5.74, 6) is -0.0541. The van der Waals surface area contributed by atoms with Gasteiger partial charge in [0.1, 0.15) is 5.82 Å². The fraction of sp³-hybridized carbons (Fsp3) is 0.600. The van der Waals surface area contributed by atoms with Gasteiger partial charge < -0.3 is 5.32 Å². The lowest BCUT2D eigenvalue weighted by atomic mass is 9.90. The zero-order chi connectivity index (χ0) is 14.7. The Bertz CT molecular complexity index is 461. The zero-order valence-corrected chi connectivity index (χ0v) is 13.4. The van der Waals surface area contributed by atoms with Crippen molar-refractivity contribution in [1.29, 1.82) is 0 Å². The van der Waals surface area contributed by atoms with Gasteiger partial charge in [0.2, 0.25) is 0 Å². The van der Waals surface area contributed by atoms with Crippen LogP contribution < -0.4 is 5.32 Å². The maximum absolute atomic E-state index is 14.5. The van der Waals surface area contributed by atoms with E-state index in [1.807, 2.05) is 0 Å². The molecule has 0 aliphatic carbocycles. The first-order chi connectivity index (χ1) is 9.56. The van der Waals surface area contributed by atoms with Gasteiger partial charge in [-0.2, -0.15) is 0 Å². The zero-order valence-electron chi connectivity index (χ0n) is 11.9. The van der Waals surface area contributed by atoms with Gasteiger partial charge in [-0.3, -0.25) is 4.90 Å². The Kier molecular flexibility index (Phi) is 5.67. The minimum absolute atomic E-state index is 0.0201. The minimum atomic E-state index is -0.372. The smallest absolute Gasteiger partial charge is 0.148 e. The summed E-state index contributed by atoms with van der Waals surface area (Å²) in [6.07, 6.45) is 0.969. The Balaban J connectivity index is 2.43. The van der Waals surface area contributed by atoms with E-state index in [4.69, 9.17) is 23.2 Å². The van der Waals surface area contributed by atoms with Gasteiger partial charge in [0.05, 0.1) is 5.02 Å². The van der Waals surface area contributed by atoms with Crippen LogP contribution in [0.4, 0.5) is 4.39 Å². The van der Waals surface area contributed by atoms with E-state index in [2.05, 4.69) is 24.1 Å². The Labute approximate surface area is 130 Å². The van der Waals surface area contributed by atoms with E-state index in [-0.39, 0.29) is 16.9 Å². The molecule has 112 valence electrons. The van der Waals surface area contributed by atoms with Gasteiger partial charge in [-0.15, -0.1) is 0 Å². The molecular formula is C15H21Cl2FN2. The molecule has 0 saturated carbocycles. The summed E-state index contributed by atoms with van der Waals surface area (Å²) in [7, 11) is 0. The first-order valence-corrected chi connectivity index (χ1v) is 7.90. The van der Waals surface area contributed by atoms with Crippen LogP contribution in [0, 0.1) is 11.7 Å². The fourth-order valence-electron chi connectivity index (χ4n) is 2.82. The minimum Gasteiger partial charge on any atom is -0.314 e. The maximum Gasteiger partial charge on any atom is 0.148 e. The number of nitrogens with zero attached hydrogens (tertiary/aromatic N) is 1. The first-order valence-electron chi connectivity index (χ1n) is 7.14. The molecule has 0 aromatic heterocycles. The molecule has 0 amide bonds. The van der Waals surface area contributed by atoms with Crippen molar-refractivity contribution >= 4 is 23.2 Å². The Morgan fingerprint density at radius 1 is 1.25 bits per heavy atom. The van der Waals surface area contributed by atoms with Gasteiger partial charge >= 0.3 is 0 Å². The third-order valence-corrected chi connectivity index (χ3v) is 4.72. The van der Waals surface area contributed by atoms with Gasteiger partial charge in [-0.1, -0.05) is 43.5 Å². The molecule has 1 N–H and O–H groups in total. The topological polar surface area (TPSA) is 15.3 Å². The Morgan fingerprint density at radius 3 is 2.45 bits per heavy atom. The van der Waals surface area contributed by atoms with Crippen molar-refractivity contribution in [3.8, 4) is 0 Å². The highest BCUT2D eigenvalue weighted by molar-refractivity contribution is 6.33. The van der Waals surface area contributed by atoms with E-state index in [9.17, 15) is 4.39 Å². The van der Waals surface area contributed by atoms with E-state index >= 15 is 0 Å². The summed E-state index contributed by atoms with van der Waals surface area (Å²) < 4.78 is 14.5. The number of nitrogens with one attached hydrogen (secondary N) is 1. The lowest BCUT2D eigenvalue weighted by Crippen LogP contribution is -2.46. The van der Waals surface area contributed by atoms with Crippen molar-refractivity contribution in [3.05, 3.63) is 33.6 Å². The van der Waals surface area contributed by atoms with Crippen molar-refractivity contribution in [2.75, 3.05) is 26.2 Å². The molecule has 0 bridgehead atoms. The van der Waals surface area contributed by atoms with Crippen molar-refractivity contribution < 1.29 is 4.39 Å². The number of hydrogen-bond donors (Lipinski definition) is 1. The highest BCUT2D eigenvalue weighted by atomic mass is 35.5. The van der Waals surface area contributed by atoms with Gasteiger partial charge in [-0.25, -0.2) is 4.39 Å². The molecule has 2 nitrogen and oxygen atoms in total. The van der Waals surface area contributed by atoms with Crippen LogP contribution in [0.25, 0.3) is 0 Å². The number of halogens is 3. The van der Waals surface area contributed by atoms with Crippen LogP contribution in [0.1, 0.15) is 31.9 Å². The highest BCUT2D eigenvalue weighted by Gasteiger charge is 2.31. The molecule has 1 unspecified atom stereocenters. The lowest BCUT2D eigenvalue weighted by Gasteiger charge is -2.39. The van der Waals surface area contributed by atoms with Crippen LogP contribution >= 0.6 is 23.2 Å². The SMILES string of the molecule is CCC(C)[C@@H](c1c(Cl)ccc(Cl)c1F)N1CCNCC1. The highest BCUT2D eigenvalue weighted by Crippen LogP contribution is 2.38. The predicted octanol–water partition coefficient (Wildman–Crippen LogP) is 4.12. The van der Waals surface area contributed by atoms with Crippen molar-refractivity contribution in [1.82, 2.24) is 10.2 Å². The number of hydrogen-bond acceptors (Lipinski definition) is 2. The molecule has 0 radical (unpaired) electrons. The molecular weight excluding hydrogens is 298 g/mol. The van der Waals surface area contributed by atoms with E-state index < -0.39 is 0 Å². The van der Waals surface area contributed by atoms with Crippen LogP contribution in [-0.4, -0.2) is 31.1 Å². The second-order valence-corrected chi connectivity index (χ2v) is 6.19. The van der Waals surface area contributed by atoms with Crippen LogP contribution in [0.2, 0.25) is 10.0 Å². The molecule has 1 fully saturated rings. The van der Waals surface area contributed by atoms with E-state index in [1.165, 1.54) is 6.07 Å². The first kappa shape index (κ1) is 16.0. The normalized spacial score (nSPS) is 19.9. The molecule has 0 spiro atoms. The average molecular weight is 319 g/mol. The standard InChI is InChI=1S/C15H21Cl2FN2/c1-3-10(2)15(20-8-6-19-7-9-20)13-11(16)4-5-12(17)14(13)18/h4-5,10,15,19H,3,6-9H2,1-2H3/t10?,15-/m0/s1. The summed E-state index contributed by atoms with van der Waals surface area (Å²) in [5.41, 5.74) is 0.551. The van der Waals surface area contributed by atoms with Crippen LogP contribution in [0.15, 0.2) is 12.1 Å². The van der Waals surface area contributed by atoms with E-state index in [0.717, 1.165) is 32.6 Å². The van der Waals surface area contributed by atoms with Gasteiger partial charge in [0.25, 0.3) is 0 Å². The van der Waals surface area contributed by atoms with Crippen LogP contribution in [0.3, 0.4) is 0 Å². The quantitative estimate of drug-likeness (QED) is 0.840. The van der Waals surface area contributed by atoms with Crippen molar-refractivity contribution in [2.45, 2.75) is 26.3 Å². The third-order valence-electron chi connectivity index (χ3n) is 4.10. The maximum atomic E-state index is 14.5. The summed E-state index contributed by atoms with van der Waals surface area (Å²) in [6.45, 7) is 7.91. The van der Waals surface area contributed by atoms with E-state index in [0.29, 0.717) is 16.5 Å². The van der Waals surface area contributed by atoms with Crippen molar-refractivity contribution in [2.24, 2.45) is 5.92 Å². The molecule has 2 atom stereocenters. The van der Waals surface area contributed by atoms with E-state index in [1.54, 1.807) is 6.07 Å². The molecule has 20 heavy (non-hydrogen) atoms. The summed E-state index contributed by atoms with van der Waals surface area (Å²) in [5, 5.41) is 3.94. The second kappa shape index (κ2) is 7.08. The Morgan fingerprint density at radius 2 is 1.85 bits per heavy atom. The second-order valence-electron chi connectivity index (χ2n) is 5.37. The monoisotopic (exact) mass is 318 g/mol. The van der Waals surface area contributed by atoms with Gasteiger partial charge in [0.15, 0.2) is 0 Å². The number of rotatable bonds is 4. The third kappa shape index (κ3) is 3.28. The fourth-order valence-corrected chi connectivity index (χ4v) is 3.25. The predicted molar refractivity (Wildman–Crippen MR) is 83.1 cm³/mol. The van der Waals surface area contributed by atoms with Gasteiger partial charge in [-0.05, 0) is 18.1 Å². The lowest BCUT2D eigenvalue weighted by molar-refractivity contribution is 0.125. The average Bonchev–Trinajstić information content (AvgIpc) is 2.48. The summed E-state index contributed by atoms with van der Waals surface area (Å²) in [6, 6.07) is 3.20. The summed E-state index contributed by atoms with van der Waals surface area (Å²) in [4.78, 5) is 2.31. The van der Waals surface area contributed by atoms with Gasteiger partial charge in [0, 0.05) is 42.8 Å². The molecule has 5 heteroatoms. The molecule has 1 heterocycles.